The van der Waals surface area contributed by atoms with Crippen LogP contribution in [0.25, 0.3) is 0 Å². The van der Waals surface area contributed by atoms with Crippen LogP contribution in [0.15, 0.2) is 24.4 Å². The topological polar surface area (TPSA) is 82.2 Å². The van der Waals surface area contributed by atoms with Crippen molar-refractivity contribution in [3.8, 4) is 0 Å². The molecule has 1 amide bonds. The molecule has 110 valence electrons. The Kier molecular flexibility index (Phi) is 4.12. The number of benzene rings is 1. The fraction of sp³-hybridized carbons (Fsp3) is 0.250. The van der Waals surface area contributed by atoms with Gasteiger partial charge >= 0.3 is 5.97 Å². The van der Waals surface area contributed by atoms with Crippen LogP contribution in [-0.2, 0) is 11.2 Å². The van der Waals surface area contributed by atoms with Crippen LogP contribution in [0.1, 0.15) is 32.7 Å². The van der Waals surface area contributed by atoms with Gasteiger partial charge in [-0.2, -0.15) is 0 Å². The van der Waals surface area contributed by atoms with Crippen molar-refractivity contribution >= 4 is 17.6 Å². The predicted octanol–water partition coefficient (Wildman–Crippen LogP) is 2.82. The summed E-state index contributed by atoms with van der Waals surface area (Å²) in [6.07, 6.45) is 1.72. The molecule has 1 heterocycles. The number of nitrogens with one attached hydrogen (secondary N) is 2. The fourth-order valence-electron chi connectivity index (χ4n) is 2.26. The van der Waals surface area contributed by atoms with Gasteiger partial charge in [-0.1, -0.05) is 23.8 Å². The van der Waals surface area contributed by atoms with E-state index in [2.05, 4.69) is 10.3 Å². The second kappa shape index (κ2) is 5.83. The Hall–Kier alpha value is -2.56. The van der Waals surface area contributed by atoms with E-state index < -0.39 is 5.97 Å². The Morgan fingerprint density at radius 1 is 1.24 bits per heavy atom. The zero-order chi connectivity index (χ0) is 15.6. The summed E-state index contributed by atoms with van der Waals surface area (Å²) in [6.45, 7) is 5.58. The maximum atomic E-state index is 12.1. The molecule has 0 atom stereocenters. The third-order valence-electron chi connectivity index (χ3n) is 3.42. The Labute approximate surface area is 123 Å². The number of anilines is 1. The lowest BCUT2D eigenvalue weighted by Crippen LogP contribution is -2.16. The molecule has 0 unspecified atom stereocenters. The van der Waals surface area contributed by atoms with E-state index in [9.17, 15) is 9.59 Å². The summed E-state index contributed by atoms with van der Waals surface area (Å²) < 4.78 is 0. The van der Waals surface area contributed by atoms with Crippen molar-refractivity contribution in [2.45, 2.75) is 27.2 Å². The Morgan fingerprint density at radius 2 is 1.95 bits per heavy atom. The minimum absolute atomic E-state index is 0.101. The predicted molar refractivity (Wildman–Crippen MR) is 80.7 cm³/mol. The number of H-pyrrole nitrogens is 1. The third kappa shape index (κ3) is 3.31. The molecule has 21 heavy (non-hydrogen) atoms. The maximum absolute atomic E-state index is 12.1. The monoisotopic (exact) mass is 286 g/mol. The molecule has 0 spiro atoms. The van der Waals surface area contributed by atoms with Crippen LogP contribution in [0.3, 0.4) is 0 Å². The first-order valence-corrected chi connectivity index (χ1v) is 6.65. The average Bonchev–Trinajstić information content (AvgIpc) is 2.75. The minimum atomic E-state index is -1.06. The molecule has 0 aliphatic rings. The summed E-state index contributed by atoms with van der Waals surface area (Å²) in [5.74, 6) is -1.29. The third-order valence-corrected chi connectivity index (χ3v) is 3.42. The number of carboxylic acid groups (broad SMARTS) is 1. The number of carboxylic acids is 1. The molecule has 0 radical (unpaired) electrons. The second-order valence-electron chi connectivity index (χ2n) is 5.16. The van der Waals surface area contributed by atoms with Crippen molar-refractivity contribution in [2.24, 2.45) is 0 Å². The van der Waals surface area contributed by atoms with Gasteiger partial charge in [-0.15, -0.1) is 0 Å². The van der Waals surface area contributed by atoms with Gasteiger partial charge in [-0.25, -0.2) is 4.79 Å². The summed E-state index contributed by atoms with van der Waals surface area (Å²) in [5.41, 5.74) is 3.99. The molecule has 1 aromatic carbocycles. The van der Waals surface area contributed by atoms with Crippen molar-refractivity contribution in [3.05, 3.63) is 52.3 Å². The first-order chi connectivity index (χ1) is 9.88. The first kappa shape index (κ1) is 14.8. The van der Waals surface area contributed by atoms with Crippen molar-refractivity contribution in [2.75, 3.05) is 5.32 Å². The number of hydrogen-bond donors (Lipinski definition) is 3. The SMILES string of the molecule is Cc1ccc(C)c(CC(=O)Nc2c[nH]c(C)c2C(=O)O)c1. The van der Waals surface area contributed by atoms with E-state index in [0.29, 0.717) is 11.4 Å². The number of hydrogen-bond acceptors (Lipinski definition) is 2. The molecule has 0 fully saturated rings. The van der Waals surface area contributed by atoms with Crippen molar-refractivity contribution in [1.29, 1.82) is 0 Å². The van der Waals surface area contributed by atoms with Gasteiger partial charge in [0.15, 0.2) is 0 Å². The molecule has 5 nitrogen and oxygen atoms in total. The summed E-state index contributed by atoms with van der Waals surface area (Å²) in [5, 5.41) is 11.8. The summed E-state index contributed by atoms with van der Waals surface area (Å²) in [6, 6.07) is 5.94. The quantitative estimate of drug-likeness (QED) is 0.808. The summed E-state index contributed by atoms with van der Waals surface area (Å²) >= 11 is 0. The Morgan fingerprint density at radius 3 is 2.62 bits per heavy atom. The van der Waals surface area contributed by atoms with E-state index in [0.717, 1.165) is 16.7 Å². The van der Waals surface area contributed by atoms with Crippen LogP contribution in [-0.4, -0.2) is 22.0 Å². The highest BCUT2D eigenvalue weighted by molar-refractivity contribution is 6.01. The molecular formula is C16H18N2O3. The number of aromatic amines is 1. The molecule has 1 aromatic heterocycles. The van der Waals surface area contributed by atoms with Gasteiger partial charge in [0, 0.05) is 11.9 Å². The van der Waals surface area contributed by atoms with Crippen LogP contribution in [0.5, 0.6) is 0 Å². The highest BCUT2D eigenvalue weighted by atomic mass is 16.4. The number of amides is 1. The van der Waals surface area contributed by atoms with Gasteiger partial charge in [0.05, 0.1) is 12.1 Å². The molecule has 0 saturated heterocycles. The minimum Gasteiger partial charge on any atom is -0.478 e. The smallest absolute Gasteiger partial charge is 0.339 e. The number of aromatic nitrogens is 1. The van der Waals surface area contributed by atoms with Gasteiger partial charge < -0.3 is 15.4 Å². The molecule has 3 N–H and O–H groups in total. The molecule has 0 aliphatic heterocycles. The Bertz CT molecular complexity index is 702. The average molecular weight is 286 g/mol. The molecule has 0 bridgehead atoms. The summed E-state index contributed by atoms with van der Waals surface area (Å²) in [4.78, 5) is 26.1. The lowest BCUT2D eigenvalue weighted by molar-refractivity contribution is -0.115. The van der Waals surface area contributed by atoms with Gasteiger partial charge in [0.25, 0.3) is 0 Å². The zero-order valence-electron chi connectivity index (χ0n) is 12.3. The number of aromatic carboxylic acids is 1. The van der Waals surface area contributed by atoms with Gasteiger partial charge in [0.2, 0.25) is 5.91 Å². The second-order valence-corrected chi connectivity index (χ2v) is 5.16. The normalized spacial score (nSPS) is 10.4. The van der Waals surface area contributed by atoms with Gasteiger partial charge in [0.1, 0.15) is 5.56 Å². The number of carbonyl (C=O) groups excluding carboxylic acids is 1. The van der Waals surface area contributed by atoms with Crippen LogP contribution in [0.4, 0.5) is 5.69 Å². The van der Waals surface area contributed by atoms with Crippen LogP contribution in [0.2, 0.25) is 0 Å². The molecule has 2 rings (SSSR count). The highest BCUT2D eigenvalue weighted by Crippen LogP contribution is 2.20. The van der Waals surface area contributed by atoms with E-state index in [1.165, 1.54) is 6.20 Å². The van der Waals surface area contributed by atoms with Crippen molar-refractivity contribution in [3.63, 3.8) is 0 Å². The molecule has 5 heteroatoms. The van der Waals surface area contributed by atoms with Crippen molar-refractivity contribution in [1.82, 2.24) is 4.98 Å². The molecule has 0 saturated carbocycles. The lowest BCUT2D eigenvalue weighted by Gasteiger charge is -2.08. The van der Waals surface area contributed by atoms with Gasteiger partial charge in [-0.3, -0.25) is 4.79 Å². The van der Waals surface area contributed by atoms with E-state index in [4.69, 9.17) is 5.11 Å². The van der Waals surface area contributed by atoms with Crippen molar-refractivity contribution < 1.29 is 14.7 Å². The fourth-order valence-corrected chi connectivity index (χ4v) is 2.26. The maximum Gasteiger partial charge on any atom is 0.339 e. The van der Waals surface area contributed by atoms with E-state index >= 15 is 0 Å². The standard InChI is InChI=1S/C16H18N2O3/c1-9-4-5-10(2)12(6-9)7-14(19)18-13-8-17-11(3)15(13)16(20)21/h4-6,8,17H,7H2,1-3H3,(H,18,19)(H,20,21). The lowest BCUT2D eigenvalue weighted by atomic mass is 10.0. The summed E-state index contributed by atoms with van der Waals surface area (Å²) in [7, 11) is 0. The number of rotatable bonds is 4. The van der Waals surface area contributed by atoms with Crippen LogP contribution >= 0.6 is 0 Å². The first-order valence-electron chi connectivity index (χ1n) is 6.65. The van der Waals surface area contributed by atoms with E-state index in [1.807, 2.05) is 32.0 Å². The van der Waals surface area contributed by atoms with Crippen LogP contribution in [0, 0.1) is 20.8 Å². The zero-order valence-corrected chi connectivity index (χ0v) is 12.3. The number of carbonyl (C=O) groups is 2. The van der Waals surface area contributed by atoms with E-state index in [-0.39, 0.29) is 17.9 Å². The molecule has 0 aliphatic carbocycles. The molecule has 2 aromatic rings. The van der Waals surface area contributed by atoms with Crippen LogP contribution < -0.4 is 5.32 Å². The highest BCUT2D eigenvalue weighted by Gasteiger charge is 2.17. The van der Waals surface area contributed by atoms with Gasteiger partial charge in [-0.05, 0) is 31.9 Å². The van der Waals surface area contributed by atoms with E-state index in [1.54, 1.807) is 6.92 Å². The molecular weight excluding hydrogens is 268 g/mol. The number of aryl methyl sites for hydroxylation is 3. The Balaban J connectivity index is 2.16. The largest absolute Gasteiger partial charge is 0.478 e.